The lowest BCUT2D eigenvalue weighted by Crippen LogP contribution is -2.35. The van der Waals surface area contributed by atoms with Crippen molar-refractivity contribution in [3.8, 4) is 0 Å². The number of hydrogen-bond donors (Lipinski definition) is 3. The van der Waals surface area contributed by atoms with Crippen LogP contribution in [0.15, 0.2) is 18.2 Å². The van der Waals surface area contributed by atoms with E-state index in [1.807, 2.05) is 25.1 Å². The summed E-state index contributed by atoms with van der Waals surface area (Å²) in [7, 11) is 1.64. The fourth-order valence-corrected chi connectivity index (χ4v) is 3.07. The molecule has 0 atom stereocenters. The highest BCUT2D eigenvalue weighted by molar-refractivity contribution is 5.95. The van der Waals surface area contributed by atoms with Gasteiger partial charge in [-0.2, -0.15) is 0 Å². The second-order valence-corrected chi connectivity index (χ2v) is 6.18. The summed E-state index contributed by atoms with van der Waals surface area (Å²) >= 11 is 0. The first kappa shape index (κ1) is 15.8. The van der Waals surface area contributed by atoms with E-state index in [9.17, 15) is 9.90 Å². The normalized spacial score (nSPS) is 17.3. The van der Waals surface area contributed by atoms with Crippen LogP contribution in [0.2, 0.25) is 0 Å². The van der Waals surface area contributed by atoms with Crippen molar-refractivity contribution in [3.05, 3.63) is 29.3 Å². The Bertz CT molecular complexity index is 494. The molecule has 3 N–H and O–H groups in total. The van der Waals surface area contributed by atoms with Crippen molar-refractivity contribution >= 4 is 11.6 Å². The molecule has 1 amide bonds. The first-order valence-corrected chi connectivity index (χ1v) is 7.78. The summed E-state index contributed by atoms with van der Waals surface area (Å²) in [5.41, 5.74) is 2.75. The third-order valence-corrected chi connectivity index (χ3v) is 4.63. The van der Waals surface area contributed by atoms with E-state index >= 15 is 0 Å². The highest BCUT2D eigenvalue weighted by atomic mass is 16.3. The van der Waals surface area contributed by atoms with Crippen LogP contribution >= 0.6 is 0 Å². The largest absolute Gasteiger partial charge is 0.396 e. The predicted octanol–water partition coefficient (Wildman–Crippen LogP) is 2.71. The zero-order valence-corrected chi connectivity index (χ0v) is 13.0. The lowest BCUT2D eigenvalue weighted by molar-refractivity contribution is 0.0943. The third-order valence-electron chi connectivity index (χ3n) is 4.63. The minimum atomic E-state index is -0.0763. The summed E-state index contributed by atoms with van der Waals surface area (Å²) in [6.45, 7) is 3.03. The highest BCUT2D eigenvalue weighted by Gasteiger charge is 2.31. The van der Waals surface area contributed by atoms with Gasteiger partial charge in [0, 0.05) is 30.3 Å². The highest BCUT2D eigenvalue weighted by Crippen LogP contribution is 2.36. The molecule has 0 bridgehead atoms. The van der Waals surface area contributed by atoms with Crippen molar-refractivity contribution in [1.82, 2.24) is 5.32 Å². The number of aliphatic hydroxyl groups excluding tert-OH is 1. The first-order valence-electron chi connectivity index (χ1n) is 7.78. The quantitative estimate of drug-likeness (QED) is 0.781. The topological polar surface area (TPSA) is 61.4 Å². The number of aryl methyl sites for hydroxylation is 1. The van der Waals surface area contributed by atoms with Crippen LogP contribution in [0.25, 0.3) is 0 Å². The van der Waals surface area contributed by atoms with Crippen molar-refractivity contribution in [3.63, 3.8) is 0 Å². The molecule has 1 fully saturated rings. The molecule has 0 unspecified atom stereocenters. The molecule has 116 valence electrons. The van der Waals surface area contributed by atoms with Gasteiger partial charge in [0.15, 0.2) is 0 Å². The van der Waals surface area contributed by atoms with Crippen molar-refractivity contribution in [1.29, 1.82) is 0 Å². The second kappa shape index (κ2) is 6.94. The zero-order valence-electron chi connectivity index (χ0n) is 13.0. The van der Waals surface area contributed by atoms with Gasteiger partial charge in [-0.25, -0.2) is 0 Å². The molecule has 1 saturated carbocycles. The Balaban J connectivity index is 2.09. The van der Waals surface area contributed by atoms with Gasteiger partial charge in [-0.15, -0.1) is 0 Å². The number of aliphatic hydroxyl groups is 1. The first-order chi connectivity index (χ1) is 10.1. The lowest BCUT2D eigenvalue weighted by Gasteiger charge is -2.36. The molecule has 0 heterocycles. The van der Waals surface area contributed by atoms with E-state index in [1.54, 1.807) is 7.05 Å². The van der Waals surface area contributed by atoms with Gasteiger partial charge in [-0.05, 0) is 37.5 Å². The summed E-state index contributed by atoms with van der Waals surface area (Å²) in [5, 5.41) is 15.9. The fraction of sp³-hybridized carbons (Fsp3) is 0.588. The Morgan fingerprint density at radius 3 is 2.62 bits per heavy atom. The number of anilines is 1. The standard InChI is InChI=1S/C17H26N2O2/c1-13-6-7-14(16(21)18-2)10-15(13)19-11-17(12-20)8-4-3-5-9-17/h6-7,10,19-20H,3-5,8-9,11-12H2,1-2H3,(H,18,21). The Hall–Kier alpha value is -1.55. The predicted molar refractivity (Wildman–Crippen MR) is 85.7 cm³/mol. The lowest BCUT2D eigenvalue weighted by atomic mass is 9.74. The van der Waals surface area contributed by atoms with Gasteiger partial charge in [0.2, 0.25) is 0 Å². The molecule has 0 aliphatic heterocycles. The zero-order chi connectivity index (χ0) is 15.3. The van der Waals surface area contributed by atoms with Gasteiger partial charge >= 0.3 is 0 Å². The minimum Gasteiger partial charge on any atom is -0.396 e. The van der Waals surface area contributed by atoms with Crippen LogP contribution in [0.1, 0.15) is 48.0 Å². The number of benzene rings is 1. The summed E-state index contributed by atoms with van der Waals surface area (Å²) in [4.78, 5) is 11.7. The number of hydrogen-bond acceptors (Lipinski definition) is 3. The van der Waals surface area contributed by atoms with Gasteiger partial charge in [0.25, 0.3) is 5.91 Å². The molecule has 0 spiro atoms. The van der Waals surface area contributed by atoms with Crippen molar-refractivity contribution < 1.29 is 9.90 Å². The van der Waals surface area contributed by atoms with E-state index in [-0.39, 0.29) is 17.9 Å². The number of amides is 1. The number of carbonyl (C=O) groups is 1. The van der Waals surface area contributed by atoms with Crippen molar-refractivity contribution in [2.24, 2.45) is 5.41 Å². The van der Waals surface area contributed by atoms with E-state index < -0.39 is 0 Å². The summed E-state index contributed by atoms with van der Waals surface area (Å²) in [5.74, 6) is -0.0763. The Morgan fingerprint density at radius 1 is 1.29 bits per heavy atom. The van der Waals surface area contributed by atoms with Crippen LogP contribution in [-0.4, -0.2) is 31.2 Å². The number of rotatable bonds is 5. The third kappa shape index (κ3) is 3.76. The van der Waals surface area contributed by atoms with Crippen LogP contribution in [0, 0.1) is 12.3 Å². The Labute approximate surface area is 126 Å². The molecule has 0 aromatic heterocycles. The SMILES string of the molecule is CNC(=O)c1ccc(C)c(NCC2(CO)CCCCC2)c1. The van der Waals surface area contributed by atoms with Crippen LogP contribution in [0.4, 0.5) is 5.69 Å². The molecule has 4 heteroatoms. The maximum atomic E-state index is 11.7. The van der Waals surface area contributed by atoms with Gasteiger partial charge in [0.1, 0.15) is 0 Å². The Morgan fingerprint density at radius 2 is 2.00 bits per heavy atom. The molecule has 1 aromatic rings. The molecule has 2 rings (SSSR count). The van der Waals surface area contributed by atoms with Gasteiger partial charge in [-0.3, -0.25) is 4.79 Å². The van der Waals surface area contributed by atoms with Gasteiger partial charge in [-0.1, -0.05) is 25.3 Å². The van der Waals surface area contributed by atoms with E-state index in [4.69, 9.17) is 0 Å². The molecule has 4 nitrogen and oxygen atoms in total. The summed E-state index contributed by atoms with van der Waals surface area (Å²) < 4.78 is 0. The second-order valence-electron chi connectivity index (χ2n) is 6.18. The van der Waals surface area contributed by atoms with Crippen LogP contribution in [-0.2, 0) is 0 Å². The molecule has 1 aromatic carbocycles. The maximum Gasteiger partial charge on any atom is 0.251 e. The average Bonchev–Trinajstić information content (AvgIpc) is 2.54. The molecule has 0 saturated heterocycles. The van der Waals surface area contributed by atoms with E-state index in [2.05, 4.69) is 10.6 Å². The molecule has 1 aliphatic carbocycles. The van der Waals surface area contributed by atoms with Crippen LogP contribution in [0.3, 0.4) is 0 Å². The van der Waals surface area contributed by atoms with Gasteiger partial charge < -0.3 is 15.7 Å². The van der Waals surface area contributed by atoms with Crippen molar-refractivity contribution in [2.45, 2.75) is 39.0 Å². The molecule has 21 heavy (non-hydrogen) atoms. The Kier molecular flexibility index (Phi) is 5.23. The van der Waals surface area contributed by atoms with E-state index in [0.29, 0.717) is 5.56 Å². The molecule has 0 radical (unpaired) electrons. The van der Waals surface area contributed by atoms with E-state index in [0.717, 1.165) is 30.6 Å². The average molecular weight is 290 g/mol. The minimum absolute atomic E-state index is 0.00624. The van der Waals surface area contributed by atoms with E-state index in [1.165, 1.54) is 19.3 Å². The van der Waals surface area contributed by atoms with Crippen molar-refractivity contribution in [2.75, 3.05) is 25.5 Å². The van der Waals surface area contributed by atoms with Gasteiger partial charge in [0.05, 0.1) is 6.61 Å². The molecular weight excluding hydrogens is 264 g/mol. The molecular formula is C17H26N2O2. The summed E-state index contributed by atoms with van der Waals surface area (Å²) in [6, 6.07) is 5.68. The molecule has 1 aliphatic rings. The summed E-state index contributed by atoms with van der Waals surface area (Å²) in [6.07, 6.45) is 5.81. The fourth-order valence-electron chi connectivity index (χ4n) is 3.07. The van der Waals surface area contributed by atoms with Crippen LogP contribution < -0.4 is 10.6 Å². The monoisotopic (exact) mass is 290 g/mol. The van der Waals surface area contributed by atoms with Crippen LogP contribution in [0.5, 0.6) is 0 Å². The number of nitrogens with one attached hydrogen (secondary N) is 2. The number of carbonyl (C=O) groups excluding carboxylic acids is 1. The smallest absolute Gasteiger partial charge is 0.251 e. The maximum absolute atomic E-state index is 11.7.